The summed E-state index contributed by atoms with van der Waals surface area (Å²) in [4.78, 5) is 72.0. The first-order chi connectivity index (χ1) is 19.7. The summed E-state index contributed by atoms with van der Waals surface area (Å²) in [5.74, 6) is 0.921. The minimum Gasteiger partial charge on any atom is -0.393 e. The molecule has 6 heterocycles. The Balaban J connectivity index is 0.000000252. The average molecular weight is 649 g/mol. The highest BCUT2D eigenvalue weighted by atomic mass is 32.1. The Hall–Kier alpha value is -5.10. The van der Waals surface area contributed by atoms with E-state index in [1.807, 2.05) is 5.16 Å². The lowest BCUT2D eigenvalue weighted by atomic mass is 10.8. The fourth-order valence-corrected chi connectivity index (χ4v) is 3.15. The van der Waals surface area contributed by atoms with Gasteiger partial charge in [0.25, 0.3) is 0 Å². The lowest BCUT2D eigenvalue weighted by molar-refractivity contribution is 0.383. The summed E-state index contributed by atoms with van der Waals surface area (Å²) in [6, 6.07) is 0. The second-order valence-electron chi connectivity index (χ2n) is 6.91. The predicted octanol–water partition coefficient (Wildman–Crippen LogP) is -0.567. The third-order valence-corrected chi connectivity index (χ3v) is 5.24. The second kappa shape index (κ2) is 18.3. The van der Waals surface area contributed by atoms with Gasteiger partial charge in [-0.2, -0.15) is 24.6 Å². The maximum absolute atomic E-state index is 10.2. The fourth-order valence-electron chi connectivity index (χ4n) is 1.83. The molecule has 0 aliphatic rings. The molecule has 0 atom stereocenters. The van der Waals surface area contributed by atoms with Crippen molar-refractivity contribution in [2.75, 3.05) is 0 Å². The fraction of sp³-hybridized carbons (Fsp3) is 0.333. The van der Waals surface area contributed by atoms with Crippen LogP contribution in [0.25, 0.3) is 0 Å². The molecule has 0 aliphatic carbocycles. The average Bonchev–Trinajstić information content (AvgIpc) is 3.76. The number of H-pyrrole nitrogens is 6. The number of rotatable bonds is 0. The third kappa shape index (κ3) is 16.8. The quantitative estimate of drug-likeness (QED) is 0.120. The van der Waals surface area contributed by atoms with Crippen molar-refractivity contribution in [2.45, 2.75) is 41.5 Å². The summed E-state index contributed by atoms with van der Waals surface area (Å²) in [6.45, 7) is 10.1. The van der Waals surface area contributed by atoms with Crippen molar-refractivity contribution >= 4 is 34.4 Å². The van der Waals surface area contributed by atoms with E-state index in [-0.39, 0.29) is 15.4 Å². The number of nitrogens with one attached hydrogen (secondary N) is 6. The normalized spacial score (nSPS) is 9.29. The molecular formula is C18H24N12O9S3. The third-order valence-electron chi connectivity index (χ3n) is 3.28. The lowest BCUT2D eigenvalue weighted by Crippen LogP contribution is -1.99. The first-order valence-corrected chi connectivity index (χ1v) is 13.3. The Kier molecular flexibility index (Phi) is 15.2. The van der Waals surface area contributed by atoms with E-state index in [1.54, 1.807) is 41.5 Å². The van der Waals surface area contributed by atoms with E-state index < -0.39 is 17.2 Å². The van der Waals surface area contributed by atoms with Crippen molar-refractivity contribution < 1.29 is 13.5 Å². The van der Waals surface area contributed by atoms with Crippen molar-refractivity contribution in [1.29, 1.82) is 0 Å². The van der Waals surface area contributed by atoms with Crippen LogP contribution in [-0.2, 0) is 0 Å². The molecule has 6 N–H and O–H groups in total. The predicted molar refractivity (Wildman–Crippen MR) is 148 cm³/mol. The summed E-state index contributed by atoms with van der Waals surface area (Å²) in [5, 5.41) is 18.3. The minimum absolute atomic E-state index is 0.0856. The van der Waals surface area contributed by atoms with Crippen molar-refractivity contribution in [3.8, 4) is 0 Å². The summed E-state index contributed by atoms with van der Waals surface area (Å²) in [6.07, 6.45) is 0. The van der Waals surface area contributed by atoms with Gasteiger partial charge < -0.3 is 8.94 Å². The molecule has 24 heteroatoms. The van der Waals surface area contributed by atoms with Gasteiger partial charge in [0.15, 0.2) is 0 Å². The molecule has 0 fully saturated rings. The van der Waals surface area contributed by atoms with Gasteiger partial charge in [-0.1, -0.05) is 16.5 Å². The molecule has 0 aliphatic heterocycles. The first-order valence-electron chi connectivity index (χ1n) is 10.9. The number of aryl methyl sites for hydroxylation is 6. The maximum atomic E-state index is 10.2. The van der Waals surface area contributed by atoms with Crippen LogP contribution in [0.3, 0.4) is 0 Å². The topological polar surface area (TPSA) is 314 Å². The van der Waals surface area contributed by atoms with Crippen molar-refractivity contribution in [2.24, 2.45) is 0 Å². The van der Waals surface area contributed by atoms with Gasteiger partial charge in [0.05, 0.1) is 0 Å². The molecule has 0 bridgehead atoms. The summed E-state index contributed by atoms with van der Waals surface area (Å²) >= 11 is 3.32. The Morgan fingerprint density at radius 1 is 0.690 bits per heavy atom. The van der Waals surface area contributed by atoms with Crippen LogP contribution in [0.4, 0.5) is 0 Å². The van der Waals surface area contributed by atoms with E-state index in [2.05, 4.69) is 67.7 Å². The maximum Gasteiger partial charge on any atom is 0.438 e. The zero-order valence-electron chi connectivity index (χ0n) is 22.6. The van der Waals surface area contributed by atoms with Crippen LogP contribution >= 0.6 is 34.4 Å². The van der Waals surface area contributed by atoms with E-state index in [9.17, 15) is 28.8 Å². The van der Waals surface area contributed by atoms with Gasteiger partial charge in [-0.25, -0.2) is 29.4 Å². The van der Waals surface area contributed by atoms with E-state index in [1.165, 1.54) is 11.5 Å². The molecule has 42 heavy (non-hydrogen) atoms. The smallest absolute Gasteiger partial charge is 0.393 e. The van der Waals surface area contributed by atoms with Crippen LogP contribution in [0.2, 0.25) is 0 Å². The van der Waals surface area contributed by atoms with Gasteiger partial charge in [0.2, 0.25) is 11.8 Å². The van der Waals surface area contributed by atoms with Gasteiger partial charge in [-0.15, -0.1) is 5.10 Å². The van der Waals surface area contributed by atoms with E-state index in [0.29, 0.717) is 23.4 Å². The molecule has 0 saturated carbocycles. The van der Waals surface area contributed by atoms with E-state index >= 15 is 0 Å². The Bertz CT molecular complexity index is 1560. The highest BCUT2D eigenvalue weighted by molar-refractivity contribution is 7.08. The monoisotopic (exact) mass is 648 g/mol. The number of aromatic amines is 6. The summed E-state index contributed by atoms with van der Waals surface area (Å²) < 4.78 is 19.0. The summed E-state index contributed by atoms with van der Waals surface area (Å²) in [7, 11) is 0. The van der Waals surface area contributed by atoms with Crippen LogP contribution < -0.4 is 32.6 Å². The number of nitrogens with zero attached hydrogens (tertiary/aromatic N) is 6. The highest BCUT2D eigenvalue weighted by Gasteiger charge is 1.89. The van der Waals surface area contributed by atoms with Crippen LogP contribution in [0.1, 0.15) is 33.4 Å². The molecular weight excluding hydrogens is 624 g/mol. The molecule has 6 aromatic heterocycles. The van der Waals surface area contributed by atoms with Crippen LogP contribution in [0, 0.1) is 41.5 Å². The molecule has 228 valence electrons. The number of hydrogen-bond acceptors (Lipinski definition) is 18. The van der Waals surface area contributed by atoms with Crippen molar-refractivity contribution in [1.82, 2.24) is 59.4 Å². The van der Waals surface area contributed by atoms with Crippen LogP contribution in [-0.4, -0.2) is 59.4 Å². The Morgan fingerprint density at radius 2 is 1.40 bits per heavy atom. The first kappa shape index (κ1) is 34.9. The molecule has 0 unspecified atom stereocenters. The Morgan fingerprint density at radius 3 is 1.55 bits per heavy atom. The standard InChI is InChI=1S/3C3H4N2O2.3C3H4N2OS/c1-2-4-5-3(6)7-2;1-2-4-3(6)5-7-2;1-2-4-3(6)7-5-2;1-2-4-5-3(6)7-2;1-2-4-3(6)5-7-2;1-2-4-3(6)7-5-2/h2*1H3,(H,5,6);1H3,(H,4,5,6);2*1H3,(H,5,6);1H3,(H,4,5,6). The molecule has 21 nitrogen and oxygen atoms in total. The number of aromatic nitrogens is 12. The molecule has 0 amide bonds. The minimum atomic E-state index is -0.502. The van der Waals surface area contributed by atoms with Crippen LogP contribution in [0.15, 0.2) is 42.2 Å². The highest BCUT2D eigenvalue weighted by Crippen LogP contribution is 1.89. The van der Waals surface area contributed by atoms with E-state index in [0.717, 1.165) is 32.9 Å². The summed E-state index contributed by atoms with van der Waals surface area (Å²) in [5.41, 5.74) is -0.681. The zero-order chi connectivity index (χ0) is 31.7. The molecule has 0 aromatic carbocycles. The second-order valence-corrected chi connectivity index (χ2v) is 9.81. The van der Waals surface area contributed by atoms with Gasteiger partial charge in [0.1, 0.15) is 21.7 Å². The van der Waals surface area contributed by atoms with E-state index in [4.69, 9.17) is 0 Å². The number of hydrogen-bond donors (Lipinski definition) is 6. The Labute approximate surface area is 243 Å². The van der Waals surface area contributed by atoms with Gasteiger partial charge in [-0.3, -0.25) is 28.5 Å². The van der Waals surface area contributed by atoms with Gasteiger partial charge >= 0.3 is 32.6 Å². The molecule has 6 aromatic rings. The largest absolute Gasteiger partial charge is 0.438 e. The van der Waals surface area contributed by atoms with Gasteiger partial charge in [-0.05, 0) is 39.2 Å². The van der Waals surface area contributed by atoms with Crippen LogP contribution in [0.5, 0.6) is 0 Å². The lowest BCUT2D eigenvalue weighted by Gasteiger charge is -1.65. The molecule has 0 spiro atoms. The molecule has 0 radical (unpaired) electrons. The molecule has 0 saturated heterocycles. The van der Waals surface area contributed by atoms with Crippen molar-refractivity contribution in [3.05, 3.63) is 94.9 Å². The SMILES string of the molecule is Cc1n[nH]c(=O)o1.Cc1n[nH]c(=O)s1.Cc1nc(=O)[nH]o1.Cc1nc(=O)[nH]s1.Cc1noc(=O)[nH]1.Cc1nsc(=O)[nH]1. The van der Waals surface area contributed by atoms with Crippen molar-refractivity contribution in [3.63, 3.8) is 0 Å². The molecule has 6 rings (SSSR count). The van der Waals surface area contributed by atoms with Gasteiger partial charge in [0, 0.05) is 25.4 Å². The zero-order valence-corrected chi connectivity index (χ0v) is 25.0.